The third kappa shape index (κ3) is 4.60. The van der Waals surface area contributed by atoms with E-state index in [-0.39, 0.29) is 5.69 Å². The largest absolute Gasteiger partial charge is 0.379 e. The van der Waals surface area contributed by atoms with Crippen LogP contribution in [0.2, 0.25) is 0 Å². The van der Waals surface area contributed by atoms with Crippen LogP contribution in [0.25, 0.3) is 0 Å². The van der Waals surface area contributed by atoms with Gasteiger partial charge in [-0.3, -0.25) is 19.8 Å². The number of carbonyl (C=O) groups is 1. The fourth-order valence-corrected chi connectivity index (χ4v) is 3.51. The molecule has 3 rings (SSSR count). The molecular weight excluding hydrogens is 412 g/mol. The van der Waals surface area contributed by atoms with Gasteiger partial charge in [-0.05, 0) is 22.0 Å². The molecule has 1 saturated heterocycles. The first-order valence-corrected chi connectivity index (χ1v) is 9.20. The number of non-ortho nitro benzene ring substituents is 1. The van der Waals surface area contributed by atoms with Gasteiger partial charge in [0.2, 0.25) is 0 Å². The second kappa shape index (κ2) is 8.00. The summed E-state index contributed by atoms with van der Waals surface area (Å²) in [5.41, 5.74) is 0.540. The van der Waals surface area contributed by atoms with Gasteiger partial charge in [-0.25, -0.2) is 4.98 Å². The van der Waals surface area contributed by atoms with Crippen molar-refractivity contribution in [3.63, 3.8) is 0 Å². The molecule has 0 aliphatic carbocycles. The zero-order valence-electron chi connectivity index (χ0n) is 13.1. The highest BCUT2D eigenvalue weighted by Gasteiger charge is 2.17. The van der Waals surface area contributed by atoms with E-state index in [1.54, 1.807) is 5.38 Å². The van der Waals surface area contributed by atoms with Gasteiger partial charge < -0.3 is 10.1 Å². The molecule has 0 saturated carbocycles. The van der Waals surface area contributed by atoms with Crippen molar-refractivity contribution in [3.05, 3.63) is 48.9 Å². The van der Waals surface area contributed by atoms with E-state index in [4.69, 9.17) is 4.74 Å². The molecule has 0 atom stereocenters. The Hall–Kier alpha value is -1.88. The maximum Gasteiger partial charge on any atom is 0.275 e. The van der Waals surface area contributed by atoms with Gasteiger partial charge in [0, 0.05) is 35.1 Å². The summed E-state index contributed by atoms with van der Waals surface area (Å²) in [6.07, 6.45) is 0. The fourth-order valence-electron chi connectivity index (χ4n) is 2.35. The Kier molecular flexibility index (Phi) is 5.74. The zero-order valence-corrected chi connectivity index (χ0v) is 15.5. The standard InChI is InChI=1S/C15H15BrN4O4S/c16-11-2-1-10(20(22)23)7-12(11)18-15(21)13-9-25-14(17-13)8-19-3-5-24-6-4-19/h1-2,7,9H,3-6,8H2,(H,18,21). The first kappa shape index (κ1) is 17.9. The molecule has 1 aromatic carbocycles. The Morgan fingerprint density at radius 1 is 1.44 bits per heavy atom. The van der Waals surface area contributed by atoms with Crippen molar-refractivity contribution >= 4 is 44.5 Å². The van der Waals surface area contributed by atoms with Gasteiger partial charge in [-0.15, -0.1) is 11.3 Å². The number of hydrogen-bond acceptors (Lipinski definition) is 7. The average Bonchev–Trinajstić information content (AvgIpc) is 3.06. The number of hydrogen-bond donors (Lipinski definition) is 1. The number of benzene rings is 1. The third-order valence-electron chi connectivity index (χ3n) is 3.66. The van der Waals surface area contributed by atoms with Crippen molar-refractivity contribution in [1.82, 2.24) is 9.88 Å². The smallest absolute Gasteiger partial charge is 0.275 e. The van der Waals surface area contributed by atoms with Crippen molar-refractivity contribution in [2.45, 2.75) is 6.54 Å². The van der Waals surface area contributed by atoms with Crippen LogP contribution < -0.4 is 5.32 Å². The normalized spacial score (nSPS) is 15.1. The van der Waals surface area contributed by atoms with Gasteiger partial charge >= 0.3 is 0 Å². The van der Waals surface area contributed by atoms with Crippen LogP contribution in [0, 0.1) is 10.1 Å². The number of nitro groups is 1. The van der Waals surface area contributed by atoms with Gasteiger partial charge in [-0.2, -0.15) is 0 Å². The Labute approximate surface area is 156 Å². The summed E-state index contributed by atoms with van der Waals surface area (Å²) in [6, 6.07) is 4.20. The Bertz CT molecular complexity index is 792. The van der Waals surface area contributed by atoms with Crippen LogP contribution in [0.5, 0.6) is 0 Å². The van der Waals surface area contributed by atoms with Crippen LogP contribution in [0.3, 0.4) is 0 Å². The number of rotatable bonds is 5. The lowest BCUT2D eigenvalue weighted by molar-refractivity contribution is -0.384. The van der Waals surface area contributed by atoms with E-state index in [1.165, 1.54) is 29.5 Å². The van der Waals surface area contributed by atoms with Crippen LogP contribution in [-0.4, -0.2) is 47.0 Å². The SMILES string of the molecule is O=C(Nc1cc([N+](=O)[O-])ccc1Br)c1csc(CN2CCOCC2)n1. The lowest BCUT2D eigenvalue weighted by atomic mass is 10.2. The number of anilines is 1. The summed E-state index contributed by atoms with van der Waals surface area (Å²) < 4.78 is 5.87. The molecule has 8 nitrogen and oxygen atoms in total. The molecule has 2 aromatic rings. The van der Waals surface area contributed by atoms with Crippen molar-refractivity contribution in [1.29, 1.82) is 0 Å². The Balaban J connectivity index is 1.67. The number of nitrogens with zero attached hydrogens (tertiary/aromatic N) is 3. The minimum atomic E-state index is -0.509. The molecule has 1 N–H and O–H groups in total. The molecular formula is C15H15BrN4O4S. The van der Waals surface area contributed by atoms with E-state index < -0.39 is 10.8 Å². The number of morpholine rings is 1. The molecule has 1 aromatic heterocycles. The van der Waals surface area contributed by atoms with Gasteiger partial charge in [0.05, 0.1) is 30.4 Å². The molecule has 2 heterocycles. The summed E-state index contributed by atoms with van der Waals surface area (Å²) in [4.78, 5) is 29.3. The van der Waals surface area contributed by atoms with Crippen LogP contribution in [-0.2, 0) is 11.3 Å². The summed E-state index contributed by atoms with van der Waals surface area (Å²) >= 11 is 4.70. The van der Waals surface area contributed by atoms with Gasteiger partial charge in [-0.1, -0.05) is 0 Å². The number of amides is 1. The molecule has 1 aliphatic rings. The second-order valence-electron chi connectivity index (χ2n) is 5.39. The second-order valence-corrected chi connectivity index (χ2v) is 7.19. The van der Waals surface area contributed by atoms with Crippen LogP contribution in [0.15, 0.2) is 28.1 Å². The van der Waals surface area contributed by atoms with Gasteiger partial charge in [0.1, 0.15) is 10.7 Å². The molecule has 0 radical (unpaired) electrons. The Morgan fingerprint density at radius 3 is 2.92 bits per heavy atom. The summed E-state index contributed by atoms with van der Waals surface area (Å²) in [7, 11) is 0. The van der Waals surface area contributed by atoms with Crippen LogP contribution in [0.1, 0.15) is 15.5 Å². The van der Waals surface area contributed by atoms with E-state index in [2.05, 4.69) is 31.1 Å². The van der Waals surface area contributed by atoms with E-state index in [0.717, 1.165) is 18.1 Å². The molecule has 132 valence electrons. The number of halogens is 1. The lowest BCUT2D eigenvalue weighted by Gasteiger charge is -2.25. The van der Waals surface area contributed by atoms with E-state index in [0.29, 0.717) is 35.6 Å². The van der Waals surface area contributed by atoms with Crippen LogP contribution >= 0.6 is 27.3 Å². The Morgan fingerprint density at radius 2 is 2.20 bits per heavy atom. The molecule has 0 bridgehead atoms. The van der Waals surface area contributed by atoms with E-state index in [1.807, 2.05) is 0 Å². The number of carbonyl (C=O) groups excluding carboxylic acids is 1. The van der Waals surface area contributed by atoms with Gasteiger partial charge in [0.25, 0.3) is 11.6 Å². The summed E-state index contributed by atoms with van der Waals surface area (Å²) in [6.45, 7) is 3.80. The first-order valence-electron chi connectivity index (χ1n) is 7.53. The predicted octanol–water partition coefficient (Wildman–Crippen LogP) is 2.90. The molecule has 1 fully saturated rings. The number of ether oxygens (including phenoxy) is 1. The first-order chi connectivity index (χ1) is 12.0. The van der Waals surface area contributed by atoms with Gasteiger partial charge in [0.15, 0.2) is 0 Å². The number of aromatic nitrogens is 1. The predicted molar refractivity (Wildman–Crippen MR) is 97.0 cm³/mol. The van der Waals surface area contributed by atoms with E-state index in [9.17, 15) is 14.9 Å². The average molecular weight is 427 g/mol. The summed E-state index contributed by atoms with van der Waals surface area (Å²) in [5, 5.41) is 16.1. The molecule has 0 unspecified atom stereocenters. The van der Waals surface area contributed by atoms with Crippen molar-refractivity contribution in [2.24, 2.45) is 0 Å². The number of nitro benzene ring substituents is 1. The lowest BCUT2D eigenvalue weighted by Crippen LogP contribution is -2.35. The van der Waals surface area contributed by atoms with Crippen molar-refractivity contribution < 1.29 is 14.5 Å². The summed E-state index contributed by atoms with van der Waals surface area (Å²) in [5.74, 6) is -0.398. The van der Waals surface area contributed by atoms with Crippen molar-refractivity contribution in [3.8, 4) is 0 Å². The topological polar surface area (TPSA) is 97.6 Å². The van der Waals surface area contributed by atoms with Crippen LogP contribution in [0.4, 0.5) is 11.4 Å². The fraction of sp³-hybridized carbons (Fsp3) is 0.333. The monoisotopic (exact) mass is 426 g/mol. The highest BCUT2D eigenvalue weighted by molar-refractivity contribution is 9.10. The molecule has 10 heteroatoms. The molecule has 25 heavy (non-hydrogen) atoms. The molecule has 0 spiro atoms. The zero-order chi connectivity index (χ0) is 17.8. The highest BCUT2D eigenvalue weighted by atomic mass is 79.9. The van der Waals surface area contributed by atoms with Crippen molar-refractivity contribution in [2.75, 3.05) is 31.6 Å². The highest BCUT2D eigenvalue weighted by Crippen LogP contribution is 2.27. The molecule has 1 aliphatic heterocycles. The minimum absolute atomic E-state index is 0.0928. The maximum absolute atomic E-state index is 12.4. The quantitative estimate of drug-likeness (QED) is 0.582. The third-order valence-corrected chi connectivity index (χ3v) is 5.18. The maximum atomic E-state index is 12.4. The number of thiazole rings is 1. The number of nitrogens with one attached hydrogen (secondary N) is 1. The minimum Gasteiger partial charge on any atom is -0.379 e. The van der Waals surface area contributed by atoms with E-state index >= 15 is 0 Å². The molecule has 1 amide bonds.